The van der Waals surface area contributed by atoms with Crippen molar-refractivity contribution in [2.75, 3.05) is 19.6 Å². The van der Waals surface area contributed by atoms with Crippen LogP contribution in [-0.4, -0.2) is 30.4 Å². The fourth-order valence-electron chi connectivity index (χ4n) is 3.64. The van der Waals surface area contributed by atoms with Crippen molar-refractivity contribution in [3.63, 3.8) is 0 Å². The molecule has 0 spiro atoms. The summed E-state index contributed by atoms with van der Waals surface area (Å²) in [6, 6.07) is 9.40. The van der Waals surface area contributed by atoms with Gasteiger partial charge in [-0.2, -0.15) is 0 Å². The number of rotatable bonds is 5. The third-order valence-electron chi connectivity index (χ3n) is 5.03. The summed E-state index contributed by atoms with van der Waals surface area (Å²) in [7, 11) is 0. The van der Waals surface area contributed by atoms with Crippen LogP contribution in [0.25, 0.3) is 11.0 Å². The zero-order valence-electron chi connectivity index (χ0n) is 14.6. The fourth-order valence-corrected chi connectivity index (χ4v) is 3.85. The number of carbonyl (C=O) groups is 1. The van der Waals surface area contributed by atoms with Crippen molar-refractivity contribution in [3.05, 3.63) is 58.7 Å². The number of para-hydroxylation sites is 1. The highest BCUT2D eigenvalue weighted by molar-refractivity contribution is 6.35. The minimum Gasteiger partial charge on any atom is -0.468 e. The fraction of sp³-hybridized carbons (Fsp3) is 0.350. The van der Waals surface area contributed by atoms with Gasteiger partial charge in [0.05, 0.1) is 17.3 Å². The van der Waals surface area contributed by atoms with Crippen molar-refractivity contribution in [2.24, 2.45) is 0 Å². The SMILES string of the molecule is Cc1c(C(=O)NC[C@@H](c2ccco2)N2CCCC2)oc2c(Cl)cccc12. The second kappa shape index (κ2) is 7.17. The van der Waals surface area contributed by atoms with E-state index in [-0.39, 0.29) is 11.9 Å². The van der Waals surface area contributed by atoms with E-state index >= 15 is 0 Å². The number of nitrogens with one attached hydrogen (secondary N) is 1. The summed E-state index contributed by atoms with van der Waals surface area (Å²) in [4.78, 5) is 15.1. The number of furan rings is 2. The lowest BCUT2D eigenvalue weighted by Crippen LogP contribution is -2.36. The molecule has 136 valence electrons. The number of hydrogen-bond donors (Lipinski definition) is 1. The van der Waals surface area contributed by atoms with Gasteiger partial charge in [-0.1, -0.05) is 23.7 Å². The van der Waals surface area contributed by atoms with Gasteiger partial charge in [-0.15, -0.1) is 0 Å². The first-order chi connectivity index (χ1) is 12.6. The number of likely N-dealkylation sites (tertiary alicyclic amines) is 1. The number of benzene rings is 1. The van der Waals surface area contributed by atoms with Gasteiger partial charge in [0.2, 0.25) is 0 Å². The Morgan fingerprint density at radius 3 is 2.77 bits per heavy atom. The first-order valence-electron chi connectivity index (χ1n) is 8.88. The van der Waals surface area contributed by atoms with Gasteiger partial charge in [-0.05, 0) is 51.1 Å². The van der Waals surface area contributed by atoms with Crippen LogP contribution in [0.15, 0.2) is 45.4 Å². The molecule has 26 heavy (non-hydrogen) atoms. The molecular formula is C20H21ClN2O3. The molecule has 1 N–H and O–H groups in total. The average Bonchev–Trinajstić information content (AvgIpc) is 3.38. The first kappa shape index (κ1) is 17.2. The van der Waals surface area contributed by atoms with Gasteiger partial charge in [-0.3, -0.25) is 9.69 Å². The quantitative estimate of drug-likeness (QED) is 0.713. The minimum absolute atomic E-state index is 0.0322. The van der Waals surface area contributed by atoms with E-state index in [1.165, 1.54) is 12.8 Å². The first-order valence-corrected chi connectivity index (χ1v) is 9.26. The van der Waals surface area contributed by atoms with Gasteiger partial charge < -0.3 is 14.2 Å². The summed E-state index contributed by atoms with van der Waals surface area (Å²) in [5.41, 5.74) is 1.36. The highest BCUT2D eigenvalue weighted by atomic mass is 35.5. The lowest BCUT2D eigenvalue weighted by Gasteiger charge is -2.25. The lowest BCUT2D eigenvalue weighted by atomic mass is 10.1. The van der Waals surface area contributed by atoms with Crippen LogP contribution in [0.5, 0.6) is 0 Å². The highest BCUT2D eigenvalue weighted by Crippen LogP contribution is 2.31. The Balaban J connectivity index is 1.54. The highest BCUT2D eigenvalue weighted by Gasteiger charge is 2.27. The maximum absolute atomic E-state index is 12.7. The molecule has 1 amide bonds. The number of halogens is 1. The van der Waals surface area contributed by atoms with E-state index < -0.39 is 0 Å². The topological polar surface area (TPSA) is 58.6 Å². The number of carbonyl (C=O) groups excluding carboxylic acids is 1. The molecule has 0 radical (unpaired) electrons. The second-order valence-electron chi connectivity index (χ2n) is 6.66. The minimum atomic E-state index is -0.231. The number of fused-ring (bicyclic) bond motifs is 1. The molecule has 5 nitrogen and oxygen atoms in total. The maximum Gasteiger partial charge on any atom is 0.287 e. The molecule has 1 aliphatic heterocycles. The van der Waals surface area contributed by atoms with Crippen molar-refractivity contribution in [1.82, 2.24) is 10.2 Å². The number of nitrogens with zero attached hydrogens (tertiary/aromatic N) is 1. The van der Waals surface area contributed by atoms with Crippen LogP contribution in [0.4, 0.5) is 0 Å². The van der Waals surface area contributed by atoms with Crippen LogP contribution in [0.1, 0.15) is 40.8 Å². The smallest absolute Gasteiger partial charge is 0.287 e. The van der Waals surface area contributed by atoms with Gasteiger partial charge >= 0.3 is 0 Å². The standard InChI is InChI=1S/C20H21ClN2O3/c1-13-14-6-4-7-15(21)19(14)26-18(13)20(24)22-12-16(17-8-5-11-25-17)23-9-2-3-10-23/h4-8,11,16H,2-3,9-10,12H2,1H3,(H,22,24)/t16-/m0/s1. The molecule has 1 aliphatic rings. The Hall–Kier alpha value is -2.24. The molecule has 3 heterocycles. The molecule has 4 rings (SSSR count). The third-order valence-corrected chi connectivity index (χ3v) is 5.33. The monoisotopic (exact) mass is 372 g/mol. The van der Waals surface area contributed by atoms with E-state index in [1.807, 2.05) is 31.2 Å². The van der Waals surface area contributed by atoms with Crippen molar-refractivity contribution < 1.29 is 13.6 Å². The third kappa shape index (κ3) is 3.13. The van der Waals surface area contributed by atoms with Crippen LogP contribution >= 0.6 is 11.6 Å². The van der Waals surface area contributed by atoms with Crippen LogP contribution in [0.2, 0.25) is 5.02 Å². The number of amides is 1. The largest absolute Gasteiger partial charge is 0.468 e. The van der Waals surface area contributed by atoms with E-state index in [1.54, 1.807) is 12.3 Å². The number of aryl methyl sites for hydroxylation is 1. The molecule has 3 aromatic rings. The molecule has 0 bridgehead atoms. The summed E-state index contributed by atoms with van der Waals surface area (Å²) >= 11 is 6.18. The molecule has 6 heteroatoms. The van der Waals surface area contributed by atoms with Gasteiger partial charge in [0.1, 0.15) is 5.76 Å². The van der Waals surface area contributed by atoms with E-state index in [4.69, 9.17) is 20.4 Å². The summed E-state index contributed by atoms with van der Waals surface area (Å²) in [6.07, 6.45) is 4.02. The van der Waals surface area contributed by atoms with Gasteiger partial charge in [0.15, 0.2) is 11.3 Å². The van der Waals surface area contributed by atoms with Gasteiger partial charge in [0.25, 0.3) is 5.91 Å². The Morgan fingerprint density at radius 2 is 2.08 bits per heavy atom. The van der Waals surface area contributed by atoms with Crippen LogP contribution in [-0.2, 0) is 0 Å². The van der Waals surface area contributed by atoms with Crippen LogP contribution < -0.4 is 5.32 Å². The molecule has 0 aliphatic carbocycles. The predicted octanol–water partition coefficient (Wildman–Crippen LogP) is 4.55. The Bertz CT molecular complexity index is 911. The van der Waals surface area contributed by atoms with E-state index in [9.17, 15) is 4.79 Å². The molecule has 1 saturated heterocycles. The molecule has 1 atom stereocenters. The van der Waals surface area contributed by atoms with Crippen molar-refractivity contribution >= 4 is 28.5 Å². The molecule has 0 saturated carbocycles. The number of hydrogen-bond acceptors (Lipinski definition) is 4. The summed E-state index contributed by atoms with van der Waals surface area (Å²) in [5, 5.41) is 4.38. The predicted molar refractivity (Wildman–Crippen MR) is 101 cm³/mol. The summed E-state index contributed by atoms with van der Waals surface area (Å²) in [6.45, 7) is 4.37. The second-order valence-corrected chi connectivity index (χ2v) is 7.06. The Kier molecular flexibility index (Phi) is 4.74. The van der Waals surface area contributed by atoms with Crippen molar-refractivity contribution in [2.45, 2.75) is 25.8 Å². The van der Waals surface area contributed by atoms with E-state index in [2.05, 4.69) is 10.2 Å². The molecule has 2 aromatic heterocycles. The van der Waals surface area contributed by atoms with Crippen molar-refractivity contribution in [1.29, 1.82) is 0 Å². The van der Waals surface area contributed by atoms with E-state index in [0.717, 1.165) is 29.8 Å². The van der Waals surface area contributed by atoms with Gasteiger partial charge in [0, 0.05) is 17.5 Å². The van der Waals surface area contributed by atoms with Crippen molar-refractivity contribution in [3.8, 4) is 0 Å². The van der Waals surface area contributed by atoms with E-state index in [0.29, 0.717) is 22.9 Å². The van der Waals surface area contributed by atoms with Crippen LogP contribution in [0, 0.1) is 6.92 Å². The Labute approximate surface area is 156 Å². The summed E-state index contributed by atoms with van der Waals surface area (Å²) < 4.78 is 11.4. The lowest BCUT2D eigenvalue weighted by molar-refractivity contribution is 0.0907. The molecule has 1 fully saturated rings. The molecule has 0 unspecified atom stereocenters. The maximum atomic E-state index is 12.7. The zero-order valence-corrected chi connectivity index (χ0v) is 15.4. The zero-order chi connectivity index (χ0) is 18.1. The van der Waals surface area contributed by atoms with Crippen LogP contribution in [0.3, 0.4) is 0 Å². The molecular weight excluding hydrogens is 352 g/mol. The normalized spacial score (nSPS) is 16.2. The average molecular weight is 373 g/mol. The van der Waals surface area contributed by atoms with Gasteiger partial charge in [-0.25, -0.2) is 0 Å². The Morgan fingerprint density at radius 1 is 1.27 bits per heavy atom. The summed E-state index contributed by atoms with van der Waals surface area (Å²) in [5.74, 6) is 0.954. The molecule has 1 aromatic carbocycles.